The monoisotopic (exact) mass is 464 g/mol. The Morgan fingerprint density at radius 3 is 1.66 bits per heavy atom. The molecule has 0 fully saturated rings. The smallest absolute Gasteiger partial charge is 0.337 e. The molecule has 0 aromatic heterocycles. The number of carbonyl (C=O) groups excluding carboxylic acids is 2. The van der Waals surface area contributed by atoms with Gasteiger partial charge in [-0.05, 0) is 66.1 Å². The molecule has 0 aliphatic rings. The Kier molecular flexibility index (Phi) is 7.12. The van der Waals surface area contributed by atoms with E-state index in [1.165, 1.54) is 14.2 Å². The summed E-state index contributed by atoms with van der Waals surface area (Å²) in [6.07, 6.45) is 0. The summed E-state index contributed by atoms with van der Waals surface area (Å²) in [5, 5.41) is 9.00. The number of carbonyl (C=O) groups is 2. The molecule has 0 heterocycles. The SMILES string of the molecule is COC(=O)c1ccc(-c2ccc(-c3ccc(C(=O)OC)cc3)c(N=Nc3ccc(C)cc3)c2)cc1. The van der Waals surface area contributed by atoms with Gasteiger partial charge in [-0.2, -0.15) is 5.11 Å². The van der Waals surface area contributed by atoms with Gasteiger partial charge in [0.15, 0.2) is 0 Å². The topological polar surface area (TPSA) is 77.3 Å². The molecular weight excluding hydrogens is 440 g/mol. The number of aryl methyl sites for hydroxylation is 1. The first kappa shape index (κ1) is 23.6. The van der Waals surface area contributed by atoms with Gasteiger partial charge in [-0.25, -0.2) is 9.59 Å². The third-order valence-electron chi connectivity index (χ3n) is 5.56. The van der Waals surface area contributed by atoms with Gasteiger partial charge in [0.1, 0.15) is 0 Å². The second-order valence-corrected chi connectivity index (χ2v) is 7.91. The molecule has 0 radical (unpaired) electrons. The molecule has 35 heavy (non-hydrogen) atoms. The van der Waals surface area contributed by atoms with Crippen LogP contribution < -0.4 is 0 Å². The van der Waals surface area contributed by atoms with Gasteiger partial charge in [0, 0.05) is 5.56 Å². The summed E-state index contributed by atoms with van der Waals surface area (Å²) >= 11 is 0. The molecule has 6 nitrogen and oxygen atoms in total. The third kappa shape index (κ3) is 5.50. The summed E-state index contributed by atoms with van der Waals surface area (Å²) < 4.78 is 9.58. The molecule has 4 rings (SSSR count). The molecule has 6 heteroatoms. The number of methoxy groups -OCH3 is 2. The standard InChI is InChI=1S/C29H24N2O4/c1-19-4-15-25(16-5-19)30-31-27-18-24(20-6-10-22(11-7-20)28(32)34-2)14-17-26(27)21-8-12-23(13-9-21)29(33)35-3/h4-18H,1-3H3. The van der Waals surface area contributed by atoms with E-state index >= 15 is 0 Å². The number of nitrogens with zero attached hydrogens (tertiary/aromatic N) is 2. The predicted molar refractivity (Wildman–Crippen MR) is 135 cm³/mol. The highest BCUT2D eigenvalue weighted by atomic mass is 16.5. The minimum atomic E-state index is -0.387. The quantitative estimate of drug-likeness (QED) is 0.221. The van der Waals surface area contributed by atoms with Crippen molar-refractivity contribution in [3.8, 4) is 22.3 Å². The predicted octanol–water partition coefficient (Wildman–Crippen LogP) is 7.32. The van der Waals surface area contributed by atoms with E-state index < -0.39 is 0 Å². The molecule has 0 saturated heterocycles. The number of azo groups is 1. The van der Waals surface area contributed by atoms with Crippen LogP contribution in [0.1, 0.15) is 26.3 Å². The van der Waals surface area contributed by atoms with Crippen molar-refractivity contribution in [2.45, 2.75) is 6.92 Å². The fraction of sp³-hybridized carbons (Fsp3) is 0.103. The van der Waals surface area contributed by atoms with E-state index in [2.05, 4.69) is 10.2 Å². The highest BCUT2D eigenvalue weighted by Crippen LogP contribution is 2.36. The first-order valence-corrected chi connectivity index (χ1v) is 11.0. The molecule has 0 N–H and O–H groups in total. The summed E-state index contributed by atoms with van der Waals surface area (Å²) in [5.41, 5.74) is 7.13. The molecule has 4 aromatic carbocycles. The molecular formula is C29H24N2O4. The number of ether oxygens (including phenoxy) is 2. The normalized spacial score (nSPS) is 10.8. The zero-order chi connectivity index (χ0) is 24.8. The van der Waals surface area contributed by atoms with Crippen LogP contribution in [0.3, 0.4) is 0 Å². The lowest BCUT2D eigenvalue weighted by Crippen LogP contribution is -2.00. The lowest BCUT2D eigenvalue weighted by molar-refractivity contribution is 0.0592. The van der Waals surface area contributed by atoms with Crippen molar-refractivity contribution in [2.75, 3.05) is 14.2 Å². The fourth-order valence-electron chi connectivity index (χ4n) is 3.58. The van der Waals surface area contributed by atoms with Gasteiger partial charge in [-0.1, -0.05) is 54.1 Å². The zero-order valence-corrected chi connectivity index (χ0v) is 19.7. The lowest BCUT2D eigenvalue weighted by atomic mass is 9.97. The van der Waals surface area contributed by atoms with E-state index in [0.717, 1.165) is 33.5 Å². The Balaban J connectivity index is 1.74. The van der Waals surface area contributed by atoms with Crippen LogP contribution >= 0.6 is 0 Å². The molecule has 0 unspecified atom stereocenters. The van der Waals surface area contributed by atoms with Crippen molar-refractivity contribution in [1.82, 2.24) is 0 Å². The van der Waals surface area contributed by atoms with Crippen molar-refractivity contribution in [3.63, 3.8) is 0 Å². The van der Waals surface area contributed by atoms with Crippen molar-refractivity contribution in [1.29, 1.82) is 0 Å². The third-order valence-corrected chi connectivity index (χ3v) is 5.56. The van der Waals surface area contributed by atoms with Crippen LogP contribution in [0.15, 0.2) is 101 Å². The first-order valence-electron chi connectivity index (χ1n) is 11.0. The molecule has 0 aliphatic heterocycles. The van der Waals surface area contributed by atoms with Crippen LogP contribution in [0, 0.1) is 6.92 Å². The van der Waals surface area contributed by atoms with Crippen LogP contribution in [0.2, 0.25) is 0 Å². The summed E-state index contributed by atoms with van der Waals surface area (Å²) in [4.78, 5) is 23.6. The molecule has 4 aromatic rings. The van der Waals surface area contributed by atoms with Crippen LogP contribution in [0.5, 0.6) is 0 Å². The van der Waals surface area contributed by atoms with Crippen molar-refractivity contribution in [3.05, 3.63) is 108 Å². The Bertz CT molecular complexity index is 1370. The van der Waals surface area contributed by atoms with Gasteiger partial charge in [0.2, 0.25) is 0 Å². The van der Waals surface area contributed by atoms with Crippen LogP contribution in [-0.4, -0.2) is 26.2 Å². The number of hydrogen-bond acceptors (Lipinski definition) is 6. The Morgan fingerprint density at radius 2 is 1.11 bits per heavy atom. The molecule has 0 saturated carbocycles. The largest absolute Gasteiger partial charge is 0.465 e. The minimum Gasteiger partial charge on any atom is -0.465 e. The van der Waals surface area contributed by atoms with E-state index in [-0.39, 0.29) is 11.9 Å². The van der Waals surface area contributed by atoms with Gasteiger partial charge < -0.3 is 9.47 Å². The van der Waals surface area contributed by atoms with Gasteiger partial charge in [0.25, 0.3) is 0 Å². The van der Waals surface area contributed by atoms with Gasteiger partial charge in [0.05, 0.1) is 36.7 Å². The highest BCUT2D eigenvalue weighted by molar-refractivity contribution is 5.91. The maximum atomic E-state index is 11.8. The average molecular weight is 465 g/mol. The average Bonchev–Trinajstić information content (AvgIpc) is 2.92. The van der Waals surface area contributed by atoms with Crippen LogP contribution in [-0.2, 0) is 9.47 Å². The van der Waals surface area contributed by atoms with E-state index in [1.54, 1.807) is 24.3 Å². The number of benzene rings is 4. The second kappa shape index (κ2) is 10.6. The van der Waals surface area contributed by atoms with Gasteiger partial charge >= 0.3 is 11.9 Å². The lowest BCUT2D eigenvalue weighted by Gasteiger charge is -2.10. The summed E-state index contributed by atoms with van der Waals surface area (Å²) in [7, 11) is 2.72. The van der Waals surface area contributed by atoms with E-state index in [4.69, 9.17) is 9.47 Å². The van der Waals surface area contributed by atoms with Crippen molar-refractivity contribution in [2.24, 2.45) is 10.2 Å². The number of esters is 2. The van der Waals surface area contributed by atoms with Crippen molar-refractivity contribution < 1.29 is 19.1 Å². The second-order valence-electron chi connectivity index (χ2n) is 7.91. The molecule has 174 valence electrons. The molecule has 0 bridgehead atoms. The van der Waals surface area contributed by atoms with Gasteiger partial charge in [-0.15, -0.1) is 5.11 Å². The molecule has 0 amide bonds. The first-order chi connectivity index (χ1) is 17.0. The van der Waals surface area contributed by atoms with E-state index in [9.17, 15) is 9.59 Å². The number of hydrogen-bond donors (Lipinski definition) is 0. The van der Waals surface area contributed by atoms with Crippen LogP contribution in [0.25, 0.3) is 22.3 Å². The number of rotatable bonds is 6. The summed E-state index contributed by atoms with van der Waals surface area (Å²) in [6.45, 7) is 2.02. The molecule has 0 spiro atoms. The minimum absolute atomic E-state index is 0.380. The van der Waals surface area contributed by atoms with E-state index in [0.29, 0.717) is 16.8 Å². The molecule has 0 aliphatic carbocycles. The maximum Gasteiger partial charge on any atom is 0.337 e. The van der Waals surface area contributed by atoms with Crippen LogP contribution in [0.4, 0.5) is 11.4 Å². The Labute approximate surface area is 203 Å². The highest BCUT2D eigenvalue weighted by Gasteiger charge is 2.11. The summed E-state index contributed by atoms with van der Waals surface area (Å²) in [5.74, 6) is -0.767. The molecule has 0 atom stereocenters. The van der Waals surface area contributed by atoms with Gasteiger partial charge in [-0.3, -0.25) is 0 Å². The van der Waals surface area contributed by atoms with Crippen molar-refractivity contribution >= 4 is 23.3 Å². The Hall–Kier alpha value is -4.58. The summed E-state index contributed by atoms with van der Waals surface area (Å²) in [6, 6.07) is 28.1. The van der Waals surface area contributed by atoms with E-state index in [1.807, 2.05) is 73.7 Å². The fourth-order valence-corrected chi connectivity index (χ4v) is 3.58. The zero-order valence-electron chi connectivity index (χ0n) is 19.7. The maximum absolute atomic E-state index is 11.8. The Morgan fingerprint density at radius 1 is 0.600 bits per heavy atom.